The Balaban J connectivity index is 1.36. The number of hydrogen-bond donors (Lipinski definition) is 0. The molecular formula is C19H23N5O. The van der Waals surface area contributed by atoms with Gasteiger partial charge in [0.2, 0.25) is 11.7 Å². The van der Waals surface area contributed by atoms with E-state index in [2.05, 4.69) is 45.4 Å². The SMILES string of the molecule is Cc1cccc(-c2noc(CN3CCC(c4cnn(C)c4)CC3)n2)c1. The van der Waals surface area contributed by atoms with Crippen molar-refractivity contribution in [1.29, 1.82) is 0 Å². The van der Waals surface area contributed by atoms with Crippen LogP contribution < -0.4 is 0 Å². The Morgan fingerprint density at radius 2 is 2.08 bits per heavy atom. The number of piperidine rings is 1. The van der Waals surface area contributed by atoms with Crippen LogP contribution in [0.2, 0.25) is 0 Å². The Bertz CT molecular complexity index is 845. The lowest BCUT2D eigenvalue weighted by Crippen LogP contribution is -2.32. The molecule has 0 radical (unpaired) electrons. The number of rotatable bonds is 4. The van der Waals surface area contributed by atoms with Gasteiger partial charge in [-0.3, -0.25) is 9.58 Å². The molecule has 2 aromatic heterocycles. The van der Waals surface area contributed by atoms with Gasteiger partial charge in [0, 0.05) is 18.8 Å². The molecule has 25 heavy (non-hydrogen) atoms. The van der Waals surface area contributed by atoms with Crippen molar-refractivity contribution >= 4 is 0 Å². The molecule has 1 fully saturated rings. The second kappa shape index (κ2) is 6.80. The van der Waals surface area contributed by atoms with Crippen molar-refractivity contribution in [2.24, 2.45) is 7.05 Å². The first-order valence-electron chi connectivity index (χ1n) is 8.78. The van der Waals surface area contributed by atoms with Crippen molar-refractivity contribution in [1.82, 2.24) is 24.8 Å². The molecule has 0 bridgehead atoms. The Labute approximate surface area is 147 Å². The highest BCUT2D eigenvalue weighted by molar-refractivity contribution is 5.55. The predicted molar refractivity (Wildman–Crippen MR) is 94.9 cm³/mol. The number of aryl methyl sites for hydroxylation is 2. The van der Waals surface area contributed by atoms with Crippen molar-refractivity contribution in [2.75, 3.05) is 13.1 Å². The lowest BCUT2D eigenvalue weighted by atomic mass is 9.91. The molecule has 1 aliphatic heterocycles. The molecule has 0 aliphatic carbocycles. The molecule has 0 saturated carbocycles. The standard InChI is InChI=1S/C19H23N5O/c1-14-4-3-5-16(10-14)19-21-18(25-22-19)13-24-8-6-15(7-9-24)17-11-20-23(2)12-17/h3-5,10-12,15H,6-9,13H2,1-2H3. The van der Waals surface area contributed by atoms with Crippen LogP contribution in [0.5, 0.6) is 0 Å². The van der Waals surface area contributed by atoms with Crippen molar-refractivity contribution in [3.8, 4) is 11.4 Å². The van der Waals surface area contributed by atoms with Crippen LogP contribution in [0.1, 0.15) is 35.8 Å². The lowest BCUT2D eigenvalue weighted by molar-refractivity contribution is 0.181. The lowest BCUT2D eigenvalue weighted by Gasteiger charge is -2.30. The molecule has 0 unspecified atom stereocenters. The molecule has 0 atom stereocenters. The van der Waals surface area contributed by atoms with E-state index >= 15 is 0 Å². The van der Waals surface area contributed by atoms with Gasteiger partial charge in [0.1, 0.15) is 0 Å². The zero-order valence-corrected chi connectivity index (χ0v) is 14.7. The largest absolute Gasteiger partial charge is 0.338 e. The van der Waals surface area contributed by atoms with Crippen molar-refractivity contribution < 1.29 is 4.52 Å². The average molecular weight is 337 g/mol. The van der Waals surface area contributed by atoms with E-state index in [0.29, 0.717) is 17.6 Å². The van der Waals surface area contributed by atoms with Crippen LogP contribution in [-0.2, 0) is 13.6 Å². The van der Waals surface area contributed by atoms with Crippen molar-refractivity contribution in [2.45, 2.75) is 32.2 Å². The van der Waals surface area contributed by atoms with Crippen LogP contribution in [0, 0.1) is 6.92 Å². The summed E-state index contributed by atoms with van der Waals surface area (Å²) in [6, 6.07) is 8.18. The molecule has 6 heteroatoms. The van der Waals surface area contributed by atoms with Gasteiger partial charge in [0.25, 0.3) is 0 Å². The molecule has 1 aliphatic rings. The Morgan fingerprint density at radius 3 is 2.80 bits per heavy atom. The summed E-state index contributed by atoms with van der Waals surface area (Å²) in [5.41, 5.74) is 3.55. The third-order valence-electron chi connectivity index (χ3n) is 4.89. The molecule has 1 aromatic carbocycles. The van der Waals surface area contributed by atoms with E-state index in [1.807, 2.05) is 30.1 Å². The summed E-state index contributed by atoms with van der Waals surface area (Å²) >= 11 is 0. The number of nitrogens with zero attached hydrogens (tertiary/aromatic N) is 5. The Hall–Kier alpha value is -2.47. The van der Waals surface area contributed by atoms with E-state index in [1.54, 1.807) is 0 Å². The van der Waals surface area contributed by atoms with E-state index in [-0.39, 0.29) is 0 Å². The van der Waals surface area contributed by atoms with Crippen molar-refractivity contribution in [3.05, 3.63) is 53.7 Å². The summed E-state index contributed by atoms with van der Waals surface area (Å²) in [7, 11) is 1.97. The van der Waals surface area contributed by atoms with Gasteiger partial charge >= 0.3 is 0 Å². The molecule has 1 saturated heterocycles. The summed E-state index contributed by atoms with van der Waals surface area (Å²) in [5.74, 6) is 1.97. The molecule has 3 aromatic rings. The third kappa shape index (κ3) is 3.64. The minimum absolute atomic E-state index is 0.607. The minimum Gasteiger partial charge on any atom is -0.338 e. The summed E-state index contributed by atoms with van der Waals surface area (Å²) in [6.07, 6.45) is 6.41. The minimum atomic E-state index is 0.607. The quantitative estimate of drug-likeness (QED) is 0.732. The van der Waals surface area contributed by atoms with Gasteiger partial charge in [-0.2, -0.15) is 10.1 Å². The fourth-order valence-electron chi connectivity index (χ4n) is 3.49. The number of benzene rings is 1. The van der Waals surface area contributed by atoms with Gasteiger partial charge in [-0.1, -0.05) is 28.9 Å². The zero-order chi connectivity index (χ0) is 17.2. The Kier molecular flexibility index (Phi) is 4.36. The van der Waals surface area contributed by atoms with Crippen LogP contribution in [0.15, 0.2) is 41.2 Å². The smallest absolute Gasteiger partial charge is 0.241 e. The number of hydrogen-bond acceptors (Lipinski definition) is 5. The van der Waals surface area contributed by atoms with Crippen LogP contribution in [0.4, 0.5) is 0 Å². The summed E-state index contributed by atoms with van der Waals surface area (Å²) in [6.45, 7) is 4.87. The molecule has 0 N–H and O–H groups in total. The van der Waals surface area contributed by atoms with Crippen LogP contribution in [0.3, 0.4) is 0 Å². The van der Waals surface area contributed by atoms with E-state index in [9.17, 15) is 0 Å². The maximum Gasteiger partial charge on any atom is 0.241 e. The van der Waals surface area contributed by atoms with Crippen LogP contribution >= 0.6 is 0 Å². The van der Waals surface area contributed by atoms with Crippen molar-refractivity contribution in [3.63, 3.8) is 0 Å². The second-order valence-corrected chi connectivity index (χ2v) is 6.88. The summed E-state index contributed by atoms with van der Waals surface area (Å²) in [4.78, 5) is 6.95. The normalized spacial score (nSPS) is 16.4. The highest BCUT2D eigenvalue weighted by atomic mass is 16.5. The van der Waals surface area contributed by atoms with E-state index < -0.39 is 0 Å². The first-order valence-corrected chi connectivity index (χ1v) is 8.78. The maximum atomic E-state index is 5.46. The predicted octanol–water partition coefficient (Wildman–Crippen LogP) is 3.16. The monoisotopic (exact) mass is 337 g/mol. The topological polar surface area (TPSA) is 60.0 Å². The third-order valence-corrected chi connectivity index (χ3v) is 4.89. The van der Waals surface area contributed by atoms with Gasteiger partial charge in [0.05, 0.1) is 12.7 Å². The first kappa shape index (κ1) is 16.0. The van der Waals surface area contributed by atoms with E-state index in [1.165, 1.54) is 11.1 Å². The number of aromatic nitrogens is 4. The molecule has 130 valence electrons. The molecular weight excluding hydrogens is 314 g/mol. The first-order chi connectivity index (χ1) is 12.2. The van der Waals surface area contributed by atoms with Gasteiger partial charge in [-0.15, -0.1) is 0 Å². The molecule has 0 amide bonds. The average Bonchev–Trinajstić information content (AvgIpc) is 3.25. The van der Waals surface area contributed by atoms with E-state index in [4.69, 9.17) is 4.52 Å². The summed E-state index contributed by atoms with van der Waals surface area (Å²) < 4.78 is 7.34. The molecule has 4 rings (SSSR count). The van der Waals surface area contributed by atoms with Crippen LogP contribution in [-0.4, -0.2) is 37.9 Å². The Morgan fingerprint density at radius 1 is 1.24 bits per heavy atom. The fraction of sp³-hybridized carbons (Fsp3) is 0.421. The van der Waals surface area contributed by atoms with Gasteiger partial charge < -0.3 is 4.52 Å². The number of likely N-dealkylation sites (tertiary alicyclic amines) is 1. The highest BCUT2D eigenvalue weighted by Crippen LogP contribution is 2.28. The van der Waals surface area contributed by atoms with Gasteiger partial charge in [-0.25, -0.2) is 0 Å². The summed E-state index contributed by atoms with van der Waals surface area (Å²) in [5, 5.41) is 8.42. The molecule has 3 heterocycles. The second-order valence-electron chi connectivity index (χ2n) is 6.88. The van der Waals surface area contributed by atoms with Crippen LogP contribution in [0.25, 0.3) is 11.4 Å². The van der Waals surface area contributed by atoms with E-state index in [0.717, 1.165) is 38.0 Å². The molecule has 6 nitrogen and oxygen atoms in total. The maximum absolute atomic E-state index is 5.46. The zero-order valence-electron chi connectivity index (χ0n) is 14.7. The fourth-order valence-corrected chi connectivity index (χ4v) is 3.49. The molecule has 0 spiro atoms. The van der Waals surface area contributed by atoms with Gasteiger partial charge in [0.15, 0.2) is 0 Å². The van der Waals surface area contributed by atoms with Gasteiger partial charge in [-0.05, 0) is 50.4 Å². The highest BCUT2D eigenvalue weighted by Gasteiger charge is 2.23.